The van der Waals surface area contributed by atoms with Crippen LogP contribution in [-0.4, -0.2) is 28.6 Å². The van der Waals surface area contributed by atoms with Crippen molar-refractivity contribution in [1.29, 1.82) is 0 Å². The van der Waals surface area contributed by atoms with Crippen LogP contribution >= 0.6 is 0 Å². The quantitative estimate of drug-likeness (QED) is 0.361. The van der Waals surface area contributed by atoms with E-state index in [1.807, 2.05) is 19.1 Å². The Kier molecular flexibility index (Phi) is 4.31. The Morgan fingerprint density at radius 2 is 2.18 bits per heavy atom. The van der Waals surface area contributed by atoms with Crippen LogP contribution in [0, 0.1) is 6.92 Å². The van der Waals surface area contributed by atoms with E-state index in [0.29, 0.717) is 11.6 Å². The van der Waals surface area contributed by atoms with E-state index in [4.69, 9.17) is 10.9 Å². The first-order valence-electron chi connectivity index (χ1n) is 5.73. The van der Waals surface area contributed by atoms with Crippen LogP contribution in [0.1, 0.15) is 32.0 Å². The van der Waals surface area contributed by atoms with Gasteiger partial charge in [0.15, 0.2) is 5.84 Å². The zero-order valence-corrected chi connectivity index (χ0v) is 10.8. The number of nitrogens with two attached hydrogens (primary N) is 1. The van der Waals surface area contributed by atoms with Crippen molar-refractivity contribution in [2.75, 3.05) is 11.4 Å². The van der Waals surface area contributed by atoms with Gasteiger partial charge in [0.25, 0.3) is 0 Å². The SMILES string of the molecule is CCN(c1nc(C)ccc1C(N)=NO)C(C)C. The number of oxime groups is 1. The number of aromatic nitrogens is 1. The van der Waals surface area contributed by atoms with Crippen molar-refractivity contribution >= 4 is 11.7 Å². The molecule has 1 aromatic rings. The lowest BCUT2D eigenvalue weighted by atomic mass is 10.2. The van der Waals surface area contributed by atoms with Gasteiger partial charge in [-0.25, -0.2) is 4.98 Å². The monoisotopic (exact) mass is 236 g/mol. The molecule has 1 heterocycles. The van der Waals surface area contributed by atoms with Gasteiger partial charge >= 0.3 is 0 Å². The molecule has 0 saturated heterocycles. The van der Waals surface area contributed by atoms with Gasteiger partial charge in [-0.3, -0.25) is 0 Å². The molecular formula is C12H20N4O. The lowest BCUT2D eigenvalue weighted by Crippen LogP contribution is -2.33. The van der Waals surface area contributed by atoms with Crippen molar-refractivity contribution < 1.29 is 5.21 Å². The van der Waals surface area contributed by atoms with E-state index in [-0.39, 0.29) is 5.84 Å². The first-order valence-corrected chi connectivity index (χ1v) is 5.73. The zero-order valence-electron chi connectivity index (χ0n) is 10.8. The maximum Gasteiger partial charge on any atom is 0.173 e. The van der Waals surface area contributed by atoms with Crippen LogP contribution in [0.5, 0.6) is 0 Å². The summed E-state index contributed by atoms with van der Waals surface area (Å²) >= 11 is 0. The number of amidine groups is 1. The van der Waals surface area contributed by atoms with Gasteiger partial charge in [0, 0.05) is 18.3 Å². The largest absolute Gasteiger partial charge is 0.409 e. The van der Waals surface area contributed by atoms with Crippen LogP contribution in [0.4, 0.5) is 5.82 Å². The Morgan fingerprint density at radius 3 is 2.65 bits per heavy atom. The van der Waals surface area contributed by atoms with Gasteiger partial charge in [-0.1, -0.05) is 5.16 Å². The van der Waals surface area contributed by atoms with Crippen LogP contribution in [0.2, 0.25) is 0 Å². The predicted molar refractivity (Wildman–Crippen MR) is 69.6 cm³/mol. The van der Waals surface area contributed by atoms with Crippen LogP contribution in [-0.2, 0) is 0 Å². The zero-order chi connectivity index (χ0) is 13.0. The Balaban J connectivity index is 3.33. The highest BCUT2D eigenvalue weighted by atomic mass is 16.4. The molecule has 0 spiro atoms. The fourth-order valence-corrected chi connectivity index (χ4v) is 1.78. The lowest BCUT2D eigenvalue weighted by molar-refractivity contribution is 0.318. The summed E-state index contributed by atoms with van der Waals surface area (Å²) < 4.78 is 0. The highest BCUT2D eigenvalue weighted by Gasteiger charge is 2.17. The molecule has 0 aliphatic rings. The summed E-state index contributed by atoms with van der Waals surface area (Å²) in [6.07, 6.45) is 0. The minimum atomic E-state index is 0.0894. The maximum atomic E-state index is 8.79. The number of rotatable bonds is 4. The van der Waals surface area contributed by atoms with Crippen molar-refractivity contribution in [1.82, 2.24) is 4.98 Å². The molecule has 0 saturated carbocycles. The molecule has 3 N–H and O–H groups in total. The second-order valence-corrected chi connectivity index (χ2v) is 4.19. The second kappa shape index (κ2) is 5.52. The van der Waals surface area contributed by atoms with Crippen LogP contribution in [0.3, 0.4) is 0 Å². The van der Waals surface area contributed by atoms with Crippen molar-refractivity contribution in [3.8, 4) is 0 Å². The Bertz CT molecular complexity index is 415. The van der Waals surface area contributed by atoms with Gasteiger partial charge in [-0.2, -0.15) is 0 Å². The molecule has 0 aliphatic carbocycles. The summed E-state index contributed by atoms with van der Waals surface area (Å²) in [5, 5.41) is 11.8. The molecule has 0 bridgehead atoms. The van der Waals surface area contributed by atoms with Crippen molar-refractivity contribution in [3.05, 3.63) is 23.4 Å². The minimum Gasteiger partial charge on any atom is -0.409 e. The Labute approximate surface area is 102 Å². The fourth-order valence-electron chi connectivity index (χ4n) is 1.78. The number of hydrogen-bond acceptors (Lipinski definition) is 4. The topological polar surface area (TPSA) is 74.7 Å². The maximum absolute atomic E-state index is 8.79. The van der Waals surface area contributed by atoms with E-state index in [0.717, 1.165) is 18.1 Å². The third-order valence-corrected chi connectivity index (χ3v) is 2.63. The van der Waals surface area contributed by atoms with Gasteiger partial charge in [0.2, 0.25) is 0 Å². The number of anilines is 1. The van der Waals surface area contributed by atoms with E-state index >= 15 is 0 Å². The average Bonchev–Trinajstić information content (AvgIpc) is 2.29. The van der Waals surface area contributed by atoms with E-state index in [1.165, 1.54) is 0 Å². The molecule has 1 aromatic heterocycles. The molecule has 0 fully saturated rings. The number of aryl methyl sites for hydroxylation is 1. The van der Waals surface area contributed by atoms with Crippen molar-refractivity contribution in [3.63, 3.8) is 0 Å². The molecule has 0 aliphatic heterocycles. The molecule has 94 valence electrons. The molecule has 17 heavy (non-hydrogen) atoms. The summed E-state index contributed by atoms with van der Waals surface area (Å²) in [4.78, 5) is 6.60. The van der Waals surface area contributed by atoms with E-state index in [1.54, 1.807) is 0 Å². The fraction of sp³-hybridized carbons (Fsp3) is 0.500. The smallest absolute Gasteiger partial charge is 0.173 e. The van der Waals surface area contributed by atoms with E-state index in [9.17, 15) is 0 Å². The van der Waals surface area contributed by atoms with Gasteiger partial charge < -0.3 is 15.8 Å². The summed E-state index contributed by atoms with van der Waals surface area (Å²) in [6, 6.07) is 3.99. The standard InChI is InChI=1S/C12H20N4O/c1-5-16(8(2)3)12-10(11(13)15-17)7-6-9(4)14-12/h6-8,17H,5H2,1-4H3,(H2,13,15). The molecule has 5 nitrogen and oxygen atoms in total. The van der Waals surface area contributed by atoms with Gasteiger partial charge in [0.1, 0.15) is 5.82 Å². The van der Waals surface area contributed by atoms with E-state index in [2.05, 4.69) is 35.8 Å². The molecule has 0 aromatic carbocycles. The normalized spacial score (nSPS) is 11.9. The van der Waals surface area contributed by atoms with Gasteiger partial charge in [-0.15, -0.1) is 0 Å². The van der Waals surface area contributed by atoms with Crippen molar-refractivity contribution in [2.45, 2.75) is 33.7 Å². The van der Waals surface area contributed by atoms with Crippen LogP contribution in [0.15, 0.2) is 17.3 Å². The molecule has 1 rings (SSSR count). The van der Waals surface area contributed by atoms with Gasteiger partial charge in [0.05, 0.1) is 5.56 Å². The third kappa shape index (κ3) is 2.87. The minimum absolute atomic E-state index is 0.0894. The summed E-state index contributed by atoms with van der Waals surface area (Å²) in [6.45, 7) is 8.97. The number of hydrogen-bond donors (Lipinski definition) is 2. The Morgan fingerprint density at radius 1 is 1.53 bits per heavy atom. The highest BCUT2D eigenvalue weighted by molar-refractivity contribution is 6.01. The predicted octanol–water partition coefficient (Wildman–Crippen LogP) is 1.72. The molecular weight excluding hydrogens is 216 g/mol. The number of pyridine rings is 1. The van der Waals surface area contributed by atoms with Gasteiger partial charge in [-0.05, 0) is 39.8 Å². The van der Waals surface area contributed by atoms with Crippen LogP contribution in [0.25, 0.3) is 0 Å². The molecule has 0 unspecified atom stereocenters. The van der Waals surface area contributed by atoms with Crippen molar-refractivity contribution in [2.24, 2.45) is 10.9 Å². The molecule has 5 heteroatoms. The van der Waals surface area contributed by atoms with E-state index < -0.39 is 0 Å². The molecule has 0 radical (unpaired) electrons. The summed E-state index contributed by atoms with van der Waals surface area (Å²) in [5.41, 5.74) is 7.24. The second-order valence-electron chi connectivity index (χ2n) is 4.19. The molecule has 0 amide bonds. The summed E-state index contributed by atoms with van der Waals surface area (Å²) in [5.74, 6) is 0.851. The number of nitrogens with zero attached hydrogens (tertiary/aromatic N) is 3. The highest BCUT2D eigenvalue weighted by Crippen LogP contribution is 2.20. The van der Waals surface area contributed by atoms with Crippen LogP contribution < -0.4 is 10.6 Å². The third-order valence-electron chi connectivity index (χ3n) is 2.63. The first kappa shape index (κ1) is 13.3. The lowest BCUT2D eigenvalue weighted by Gasteiger charge is -2.28. The molecule has 0 atom stereocenters. The summed E-state index contributed by atoms with van der Waals surface area (Å²) in [7, 11) is 0. The first-order chi connectivity index (χ1) is 8.01. The Hall–Kier alpha value is -1.78. The average molecular weight is 236 g/mol.